The maximum Gasteiger partial charge on any atom is 0.333 e. The fraction of sp³-hybridized carbons (Fsp3) is 0.625. The van der Waals surface area contributed by atoms with Gasteiger partial charge in [-0.1, -0.05) is 6.58 Å². The van der Waals surface area contributed by atoms with Gasteiger partial charge in [-0.05, 0) is 19.9 Å². The van der Waals surface area contributed by atoms with Gasteiger partial charge >= 0.3 is 5.97 Å². The van der Waals surface area contributed by atoms with E-state index in [1.807, 2.05) is 6.92 Å². The van der Waals surface area contributed by atoms with Gasteiger partial charge in [-0.25, -0.2) is 4.79 Å². The van der Waals surface area contributed by atoms with E-state index in [4.69, 9.17) is 9.16 Å². The summed E-state index contributed by atoms with van der Waals surface area (Å²) in [5, 5.41) is 0. The third kappa shape index (κ3) is 6.12. The lowest BCUT2D eigenvalue weighted by molar-refractivity contribution is -0.138. The molecule has 0 fully saturated rings. The SMILES string of the molecule is C=C(C)C(=O)OCC[SiH2]OCC. The predicted octanol–water partition coefficient (Wildman–Crippen LogP) is 0.644. The van der Waals surface area contributed by atoms with Crippen LogP contribution in [-0.4, -0.2) is 28.9 Å². The Hall–Kier alpha value is -0.613. The summed E-state index contributed by atoms with van der Waals surface area (Å²) in [5.74, 6) is -0.305. The van der Waals surface area contributed by atoms with Crippen LogP contribution in [0.2, 0.25) is 6.04 Å². The molecule has 4 heteroatoms. The Kier molecular flexibility index (Phi) is 6.70. The Bertz CT molecular complexity index is 156. The molecule has 0 saturated carbocycles. The normalized spacial score (nSPS) is 10.5. The highest BCUT2D eigenvalue weighted by molar-refractivity contribution is 6.27. The minimum Gasteiger partial charge on any atom is -0.463 e. The Balaban J connectivity index is 3.20. The number of esters is 1. The third-order valence-electron chi connectivity index (χ3n) is 1.22. The summed E-state index contributed by atoms with van der Waals surface area (Å²) in [4.78, 5) is 10.8. The molecule has 0 aromatic heterocycles. The Morgan fingerprint density at radius 2 is 2.25 bits per heavy atom. The molecule has 0 aromatic carbocycles. The fourth-order valence-corrected chi connectivity index (χ4v) is 1.35. The highest BCUT2D eigenvalue weighted by Gasteiger charge is 2.01. The van der Waals surface area contributed by atoms with Crippen molar-refractivity contribution in [1.82, 2.24) is 0 Å². The van der Waals surface area contributed by atoms with Gasteiger partial charge in [0.15, 0.2) is 9.76 Å². The van der Waals surface area contributed by atoms with Crippen molar-refractivity contribution in [2.45, 2.75) is 19.9 Å². The van der Waals surface area contributed by atoms with Gasteiger partial charge < -0.3 is 9.16 Å². The lowest BCUT2D eigenvalue weighted by Gasteiger charge is -2.03. The first-order valence-corrected chi connectivity index (χ1v) is 5.66. The summed E-state index contributed by atoms with van der Waals surface area (Å²) in [6.45, 7) is 8.32. The maximum atomic E-state index is 10.8. The van der Waals surface area contributed by atoms with Crippen molar-refractivity contribution in [2.75, 3.05) is 13.2 Å². The van der Waals surface area contributed by atoms with E-state index in [0.29, 0.717) is 12.2 Å². The predicted molar refractivity (Wildman–Crippen MR) is 50.8 cm³/mol. The fourth-order valence-electron chi connectivity index (χ4n) is 0.593. The summed E-state index contributed by atoms with van der Waals surface area (Å²) in [6, 6.07) is 0.882. The van der Waals surface area contributed by atoms with Crippen molar-refractivity contribution in [3.63, 3.8) is 0 Å². The molecule has 0 amide bonds. The summed E-state index contributed by atoms with van der Waals surface area (Å²) < 4.78 is 10.1. The van der Waals surface area contributed by atoms with Crippen LogP contribution in [0.5, 0.6) is 0 Å². The van der Waals surface area contributed by atoms with Crippen LogP contribution in [-0.2, 0) is 14.0 Å². The van der Waals surface area contributed by atoms with Crippen LogP contribution in [0.4, 0.5) is 0 Å². The lowest BCUT2D eigenvalue weighted by atomic mass is 10.4. The van der Waals surface area contributed by atoms with Gasteiger partial charge in [0.05, 0.1) is 6.61 Å². The molecule has 0 radical (unpaired) electrons. The minimum absolute atomic E-state index is 0.305. The molecule has 0 unspecified atom stereocenters. The first kappa shape index (κ1) is 11.4. The minimum atomic E-state index is -0.463. The second kappa shape index (κ2) is 7.06. The van der Waals surface area contributed by atoms with Crippen molar-refractivity contribution in [3.05, 3.63) is 12.2 Å². The molecular weight excluding hydrogens is 172 g/mol. The van der Waals surface area contributed by atoms with Gasteiger partial charge in [-0.15, -0.1) is 0 Å². The van der Waals surface area contributed by atoms with E-state index in [1.165, 1.54) is 0 Å². The van der Waals surface area contributed by atoms with Crippen LogP contribution >= 0.6 is 0 Å². The molecule has 12 heavy (non-hydrogen) atoms. The van der Waals surface area contributed by atoms with Gasteiger partial charge in [-0.2, -0.15) is 0 Å². The second-order valence-electron chi connectivity index (χ2n) is 2.47. The van der Waals surface area contributed by atoms with Gasteiger partial charge in [0, 0.05) is 12.2 Å². The largest absolute Gasteiger partial charge is 0.463 e. The van der Waals surface area contributed by atoms with Crippen LogP contribution < -0.4 is 0 Å². The van der Waals surface area contributed by atoms with Crippen LogP contribution in [0.3, 0.4) is 0 Å². The van der Waals surface area contributed by atoms with E-state index >= 15 is 0 Å². The van der Waals surface area contributed by atoms with Crippen molar-refractivity contribution in [1.29, 1.82) is 0 Å². The number of rotatable bonds is 6. The first-order valence-electron chi connectivity index (χ1n) is 4.08. The van der Waals surface area contributed by atoms with Crippen LogP contribution in [0.1, 0.15) is 13.8 Å². The van der Waals surface area contributed by atoms with Gasteiger partial charge in [0.2, 0.25) is 0 Å². The highest BCUT2D eigenvalue weighted by atomic mass is 28.2. The van der Waals surface area contributed by atoms with E-state index in [-0.39, 0.29) is 5.97 Å². The van der Waals surface area contributed by atoms with Crippen LogP contribution in [0.25, 0.3) is 0 Å². The van der Waals surface area contributed by atoms with E-state index < -0.39 is 9.76 Å². The molecule has 0 rings (SSSR count). The molecule has 0 aliphatic carbocycles. The standard InChI is InChI=1S/C8H16O3Si/c1-4-11-12-6-5-10-8(9)7(2)3/h2,4-6,12H2,1,3H3. The lowest BCUT2D eigenvalue weighted by Crippen LogP contribution is -2.09. The number of hydrogen-bond donors (Lipinski definition) is 0. The zero-order valence-corrected chi connectivity index (χ0v) is 9.17. The number of carbonyl (C=O) groups is 1. The van der Waals surface area contributed by atoms with Gasteiger partial charge in [0.25, 0.3) is 0 Å². The zero-order valence-electron chi connectivity index (χ0n) is 7.76. The van der Waals surface area contributed by atoms with Gasteiger partial charge in [-0.3, -0.25) is 0 Å². The molecule has 0 heterocycles. The molecule has 0 aromatic rings. The summed E-state index contributed by atoms with van der Waals surface area (Å²) in [5.41, 5.74) is 0.452. The third-order valence-corrected chi connectivity index (χ3v) is 2.49. The average Bonchev–Trinajstić information content (AvgIpc) is 2.03. The Morgan fingerprint density at radius 3 is 2.75 bits per heavy atom. The quantitative estimate of drug-likeness (QED) is 0.266. The molecule has 70 valence electrons. The second-order valence-corrected chi connectivity index (χ2v) is 3.99. The Morgan fingerprint density at radius 1 is 1.58 bits per heavy atom. The monoisotopic (exact) mass is 188 g/mol. The molecule has 0 aliphatic rings. The molecule has 0 saturated heterocycles. The summed E-state index contributed by atoms with van der Waals surface area (Å²) in [6.07, 6.45) is 0. The summed E-state index contributed by atoms with van der Waals surface area (Å²) in [7, 11) is -0.463. The van der Waals surface area contributed by atoms with E-state index in [0.717, 1.165) is 12.7 Å². The highest BCUT2D eigenvalue weighted by Crippen LogP contribution is 1.93. The van der Waals surface area contributed by atoms with Crippen molar-refractivity contribution in [3.8, 4) is 0 Å². The number of carbonyl (C=O) groups excluding carboxylic acids is 1. The zero-order chi connectivity index (χ0) is 9.40. The molecule has 0 spiro atoms. The molecule has 0 N–H and O–H groups in total. The molecular formula is C8H16O3Si. The van der Waals surface area contributed by atoms with Crippen LogP contribution in [0.15, 0.2) is 12.2 Å². The number of ether oxygens (including phenoxy) is 1. The maximum absolute atomic E-state index is 10.8. The number of hydrogen-bond acceptors (Lipinski definition) is 3. The molecule has 0 atom stereocenters. The van der Waals surface area contributed by atoms with Crippen LogP contribution in [0, 0.1) is 0 Å². The molecule has 3 nitrogen and oxygen atoms in total. The first-order chi connectivity index (χ1) is 5.68. The topological polar surface area (TPSA) is 35.5 Å². The van der Waals surface area contributed by atoms with Crippen molar-refractivity contribution < 1.29 is 14.0 Å². The Labute approximate surface area is 75.7 Å². The van der Waals surface area contributed by atoms with E-state index in [2.05, 4.69) is 6.58 Å². The average molecular weight is 188 g/mol. The molecule has 0 bridgehead atoms. The smallest absolute Gasteiger partial charge is 0.333 e. The summed E-state index contributed by atoms with van der Waals surface area (Å²) >= 11 is 0. The van der Waals surface area contributed by atoms with Gasteiger partial charge in [0.1, 0.15) is 0 Å². The van der Waals surface area contributed by atoms with Crippen molar-refractivity contribution >= 4 is 15.7 Å². The van der Waals surface area contributed by atoms with E-state index in [9.17, 15) is 4.79 Å². The molecule has 0 aliphatic heterocycles. The van der Waals surface area contributed by atoms with E-state index in [1.54, 1.807) is 6.92 Å². The van der Waals surface area contributed by atoms with Crippen molar-refractivity contribution in [2.24, 2.45) is 0 Å².